The average Bonchev–Trinajstić information content (AvgIpc) is 2.70. The van der Waals surface area contributed by atoms with Crippen molar-refractivity contribution in [2.24, 2.45) is 5.92 Å². The van der Waals surface area contributed by atoms with E-state index in [2.05, 4.69) is 35.0 Å². The van der Waals surface area contributed by atoms with Crippen LogP contribution in [0.3, 0.4) is 0 Å². The van der Waals surface area contributed by atoms with E-state index in [1.54, 1.807) is 0 Å². The summed E-state index contributed by atoms with van der Waals surface area (Å²) in [5.74, 6) is 1.46. The molecule has 0 amide bonds. The molecule has 18 heavy (non-hydrogen) atoms. The third-order valence-electron chi connectivity index (χ3n) is 3.24. The summed E-state index contributed by atoms with van der Waals surface area (Å²) < 4.78 is 2.07. The lowest BCUT2D eigenvalue weighted by atomic mass is 10.0. The minimum absolute atomic E-state index is 0.701. The highest BCUT2D eigenvalue weighted by atomic mass is 35.5. The van der Waals surface area contributed by atoms with Gasteiger partial charge < -0.3 is 5.32 Å². The third-order valence-corrected chi connectivity index (χ3v) is 3.46. The second-order valence-electron chi connectivity index (χ2n) is 4.86. The molecule has 0 fully saturated rings. The second kappa shape index (κ2) is 8.54. The van der Waals surface area contributed by atoms with E-state index >= 15 is 0 Å². The Balaban J connectivity index is 2.39. The van der Waals surface area contributed by atoms with E-state index in [9.17, 15) is 0 Å². The maximum atomic E-state index is 5.84. The maximum Gasteiger partial charge on any atom is 0.0597 e. The van der Waals surface area contributed by atoms with Crippen molar-refractivity contribution in [3.63, 3.8) is 0 Å². The van der Waals surface area contributed by atoms with Crippen LogP contribution in [0.1, 0.15) is 44.5 Å². The molecule has 0 radical (unpaired) electrons. The highest BCUT2D eigenvalue weighted by Gasteiger charge is 2.08. The third kappa shape index (κ3) is 4.99. The number of hydrogen-bond acceptors (Lipinski definition) is 2. The Bertz CT molecular complexity index is 330. The monoisotopic (exact) mass is 271 g/mol. The van der Waals surface area contributed by atoms with Gasteiger partial charge in [0.1, 0.15) is 0 Å². The van der Waals surface area contributed by atoms with Crippen molar-refractivity contribution in [2.45, 2.75) is 53.1 Å². The Morgan fingerprint density at radius 2 is 2.17 bits per heavy atom. The van der Waals surface area contributed by atoms with Crippen molar-refractivity contribution in [3.8, 4) is 0 Å². The Labute approximate surface area is 116 Å². The van der Waals surface area contributed by atoms with Gasteiger partial charge in [-0.25, -0.2) is 0 Å². The van der Waals surface area contributed by atoms with Crippen molar-refractivity contribution in [1.29, 1.82) is 0 Å². The first-order chi connectivity index (χ1) is 8.71. The van der Waals surface area contributed by atoms with Crippen LogP contribution in [-0.2, 0) is 13.1 Å². The SMILES string of the molecule is CCCC(CCCl)CNCc1cc(C)nn1CC. The second-order valence-corrected chi connectivity index (χ2v) is 5.23. The zero-order chi connectivity index (χ0) is 13.4. The molecule has 0 aromatic carbocycles. The molecule has 3 nitrogen and oxygen atoms in total. The fraction of sp³-hybridized carbons (Fsp3) is 0.786. The zero-order valence-electron chi connectivity index (χ0n) is 11.9. The number of nitrogens with zero attached hydrogens (tertiary/aromatic N) is 2. The van der Waals surface area contributed by atoms with Gasteiger partial charge >= 0.3 is 0 Å². The maximum absolute atomic E-state index is 5.84. The first-order valence-electron chi connectivity index (χ1n) is 7.01. The van der Waals surface area contributed by atoms with Crippen LogP contribution in [0.2, 0.25) is 0 Å². The topological polar surface area (TPSA) is 29.9 Å². The Kier molecular flexibility index (Phi) is 7.36. The molecule has 1 unspecified atom stereocenters. The van der Waals surface area contributed by atoms with Crippen molar-refractivity contribution in [1.82, 2.24) is 15.1 Å². The number of hydrogen-bond donors (Lipinski definition) is 1. The molecular weight excluding hydrogens is 246 g/mol. The summed E-state index contributed by atoms with van der Waals surface area (Å²) in [6, 6.07) is 2.16. The van der Waals surface area contributed by atoms with Crippen LogP contribution in [0.15, 0.2) is 6.07 Å². The molecule has 1 aromatic heterocycles. The van der Waals surface area contributed by atoms with Crippen LogP contribution in [-0.4, -0.2) is 22.2 Å². The average molecular weight is 272 g/mol. The predicted octanol–water partition coefficient (Wildman–Crippen LogP) is 3.35. The van der Waals surface area contributed by atoms with Crippen molar-refractivity contribution >= 4 is 11.6 Å². The molecule has 0 spiro atoms. The molecule has 1 N–H and O–H groups in total. The number of nitrogens with one attached hydrogen (secondary N) is 1. The van der Waals surface area contributed by atoms with Gasteiger partial charge in [0, 0.05) is 19.0 Å². The van der Waals surface area contributed by atoms with Crippen molar-refractivity contribution in [2.75, 3.05) is 12.4 Å². The summed E-state index contributed by atoms with van der Waals surface area (Å²) in [5.41, 5.74) is 2.37. The molecule has 1 heterocycles. The summed E-state index contributed by atoms with van der Waals surface area (Å²) in [5, 5.41) is 8.00. The van der Waals surface area contributed by atoms with Crippen molar-refractivity contribution < 1.29 is 0 Å². The molecule has 1 atom stereocenters. The van der Waals surface area contributed by atoms with Gasteiger partial charge in [0.15, 0.2) is 0 Å². The molecule has 4 heteroatoms. The molecular formula is C14H26ClN3. The van der Waals surface area contributed by atoms with E-state index in [0.717, 1.165) is 37.6 Å². The Morgan fingerprint density at radius 1 is 1.39 bits per heavy atom. The first-order valence-corrected chi connectivity index (χ1v) is 7.54. The van der Waals surface area contributed by atoms with Gasteiger partial charge in [0.05, 0.1) is 11.4 Å². The van der Waals surface area contributed by atoms with Crippen LogP contribution < -0.4 is 5.32 Å². The minimum Gasteiger partial charge on any atom is -0.311 e. The van der Waals surface area contributed by atoms with Crippen LogP contribution in [0.4, 0.5) is 0 Å². The predicted molar refractivity (Wildman–Crippen MR) is 78.1 cm³/mol. The lowest BCUT2D eigenvalue weighted by molar-refractivity contribution is 0.425. The van der Waals surface area contributed by atoms with Gasteiger partial charge in [0.25, 0.3) is 0 Å². The molecule has 0 aliphatic heterocycles. The molecule has 0 aliphatic rings. The van der Waals surface area contributed by atoms with Gasteiger partial charge in [-0.2, -0.15) is 5.10 Å². The molecule has 1 aromatic rings. The molecule has 0 aliphatic carbocycles. The number of rotatable bonds is 9. The van der Waals surface area contributed by atoms with Crippen LogP contribution >= 0.6 is 11.6 Å². The number of aryl methyl sites for hydroxylation is 2. The number of halogens is 1. The van der Waals surface area contributed by atoms with Crippen LogP contribution in [0.5, 0.6) is 0 Å². The van der Waals surface area contributed by atoms with Gasteiger partial charge in [-0.3, -0.25) is 4.68 Å². The highest BCUT2D eigenvalue weighted by molar-refractivity contribution is 6.17. The summed E-state index contributed by atoms with van der Waals surface area (Å²) >= 11 is 5.84. The number of alkyl halides is 1. The van der Waals surface area contributed by atoms with E-state index in [1.807, 2.05) is 6.92 Å². The summed E-state index contributed by atoms with van der Waals surface area (Å²) in [7, 11) is 0. The van der Waals surface area contributed by atoms with Gasteiger partial charge in [0.2, 0.25) is 0 Å². The van der Waals surface area contributed by atoms with E-state index in [0.29, 0.717) is 5.92 Å². The normalized spacial score (nSPS) is 12.9. The van der Waals surface area contributed by atoms with Gasteiger partial charge in [-0.15, -0.1) is 11.6 Å². The minimum atomic E-state index is 0.701. The standard InChI is InChI=1S/C14H26ClN3/c1-4-6-13(7-8-15)10-16-11-14-9-12(3)17-18(14)5-2/h9,13,16H,4-8,10-11H2,1-3H3. The van der Waals surface area contributed by atoms with E-state index in [4.69, 9.17) is 11.6 Å². The first kappa shape index (κ1) is 15.5. The van der Waals surface area contributed by atoms with Crippen LogP contribution in [0.25, 0.3) is 0 Å². The quantitative estimate of drug-likeness (QED) is 0.698. The summed E-state index contributed by atoms with van der Waals surface area (Å²) in [4.78, 5) is 0. The van der Waals surface area contributed by atoms with E-state index in [1.165, 1.54) is 18.5 Å². The van der Waals surface area contributed by atoms with Gasteiger partial charge in [-0.1, -0.05) is 13.3 Å². The number of aromatic nitrogens is 2. The Hall–Kier alpha value is -0.540. The fourth-order valence-electron chi connectivity index (χ4n) is 2.33. The molecule has 0 bridgehead atoms. The largest absolute Gasteiger partial charge is 0.311 e. The smallest absolute Gasteiger partial charge is 0.0597 e. The van der Waals surface area contributed by atoms with Crippen molar-refractivity contribution in [3.05, 3.63) is 17.5 Å². The lowest BCUT2D eigenvalue weighted by Gasteiger charge is -2.15. The lowest BCUT2D eigenvalue weighted by Crippen LogP contribution is -2.24. The van der Waals surface area contributed by atoms with E-state index < -0.39 is 0 Å². The molecule has 0 saturated carbocycles. The summed E-state index contributed by atoms with van der Waals surface area (Å²) in [6.07, 6.45) is 3.59. The molecule has 0 saturated heterocycles. The highest BCUT2D eigenvalue weighted by Crippen LogP contribution is 2.11. The molecule has 104 valence electrons. The fourth-order valence-corrected chi connectivity index (χ4v) is 2.64. The zero-order valence-corrected chi connectivity index (χ0v) is 12.6. The molecule has 1 rings (SSSR count). The van der Waals surface area contributed by atoms with Gasteiger partial charge in [-0.05, 0) is 45.2 Å². The van der Waals surface area contributed by atoms with E-state index in [-0.39, 0.29) is 0 Å². The Morgan fingerprint density at radius 3 is 2.78 bits per heavy atom. The van der Waals surface area contributed by atoms with Crippen LogP contribution in [0, 0.1) is 12.8 Å². The summed E-state index contributed by atoms with van der Waals surface area (Å²) in [6.45, 7) is 9.29.